The maximum atomic E-state index is 13.3. The molecule has 0 atom stereocenters. The molecular weight excluding hydrogens is 344 g/mol. The van der Waals surface area contributed by atoms with Crippen molar-refractivity contribution in [2.24, 2.45) is 0 Å². The number of carbonyl (C=O) groups is 1. The molecule has 1 aliphatic rings. The van der Waals surface area contributed by atoms with Crippen LogP contribution in [0.15, 0.2) is 47.8 Å². The highest BCUT2D eigenvalue weighted by Crippen LogP contribution is 2.34. The van der Waals surface area contributed by atoms with Crippen LogP contribution >= 0.6 is 11.3 Å². The number of para-hydroxylation sites is 1. The van der Waals surface area contributed by atoms with Gasteiger partial charge in [0.25, 0.3) is 0 Å². The maximum Gasteiger partial charge on any atom is 0.229 e. The van der Waals surface area contributed by atoms with Crippen LogP contribution in [0.4, 0.5) is 5.69 Å². The predicted octanol–water partition coefficient (Wildman–Crippen LogP) is 4.17. The Bertz CT molecular complexity index is 1020. The summed E-state index contributed by atoms with van der Waals surface area (Å²) in [7, 11) is -2.94. The Kier molecular flexibility index (Phi) is 3.39. The predicted molar refractivity (Wildman–Crippen MR) is 108 cm³/mol. The van der Waals surface area contributed by atoms with Crippen LogP contribution in [0.2, 0.25) is 0 Å². The number of rotatable bonds is 7. The first-order valence-corrected chi connectivity index (χ1v) is 9.24. The van der Waals surface area contributed by atoms with Crippen LogP contribution in [0.1, 0.15) is 44.7 Å². The Hall–Kier alpha value is -1.69. The van der Waals surface area contributed by atoms with Crippen molar-refractivity contribution in [3.63, 3.8) is 0 Å². The summed E-state index contributed by atoms with van der Waals surface area (Å²) < 4.78 is 85.6. The molecule has 1 amide bonds. The number of thiophene rings is 1. The van der Waals surface area contributed by atoms with Gasteiger partial charge in [0.05, 0.1) is 4.11 Å². The molecule has 26 heavy (non-hydrogen) atoms. The zero-order valence-corrected chi connectivity index (χ0v) is 15.1. The summed E-state index contributed by atoms with van der Waals surface area (Å²) in [6.07, 6.45) is -3.58. The van der Waals surface area contributed by atoms with E-state index >= 15 is 0 Å². The lowest BCUT2D eigenvalue weighted by molar-refractivity contribution is -0.128. The minimum Gasteiger partial charge on any atom is -0.358 e. The average molecular weight is 383 g/mol. The summed E-state index contributed by atoms with van der Waals surface area (Å²) in [6, 6.07) is 11.2. The van der Waals surface area contributed by atoms with Crippen LogP contribution in [0.3, 0.4) is 0 Å². The zero-order valence-electron chi connectivity index (χ0n) is 24.3. The average Bonchev–Trinajstić information content (AvgIpc) is 3.28. The lowest BCUT2D eigenvalue weighted by atomic mass is 9.96. The first-order valence-electron chi connectivity index (χ1n) is 13.4. The van der Waals surface area contributed by atoms with Crippen molar-refractivity contribution in [3.05, 3.63) is 52.7 Å². The number of nitrogens with zero attached hydrogens (tertiary/aromatic N) is 2. The lowest BCUT2D eigenvalue weighted by Crippen LogP contribution is -2.59. The van der Waals surface area contributed by atoms with Gasteiger partial charge in [0.2, 0.25) is 5.91 Å². The molecular formula is C21H28N2O2S. The van der Waals surface area contributed by atoms with Crippen molar-refractivity contribution in [2.45, 2.75) is 38.2 Å². The van der Waals surface area contributed by atoms with Gasteiger partial charge in [0.1, 0.15) is 5.72 Å². The molecule has 0 aliphatic carbocycles. The van der Waals surface area contributed by atoms with E-state index in [9.17, 15) is 4.79 Å². The number of carbonyl (C=O) groups excluding carboxylic acids is 1. The maximum absolute atomic E-state index is 13.3. The van der Waals surface area contributed by atoms with Gasteiger partial charge in [-0.1, -0.05) is 31.1 Å². The molecule has 1 aliphatic heterocycles. The summed E-state index contributed by atoms with van der Waals surface area (Å²) in [5.41, 5.74) is -1.54. The molecule has 1 saturated heterocycles. The van der Waals surface area contributed by atoms with Crippen LogP contribution in [-0.4, -0.2) is 43.2 Å². The minimum atomic E-state index is -2.94. The molecule has 0 N–H and O–H groups in total. The molecule has 0 saturated carbocycles. The van der Waals surface area contributed by atoms with E-state index in [0.29, 0.717) is 0 Å². The molecule has 3 rings (SSSR count). The molecule has 1 aromatic carbocycles. The summed E-state index contributed by atoms with van der Waals surface area (Å²) in [5.74, 6) is -0.851. The Labute approximate surface area is 174 Å². The molecule has 0 bridgehead atoms. The number of hydrogen-bond acceptors (Lipinski definition) is 4. The fourth-order valence-corrected chi connectivity index (χ4v) is 3.65. The van der Waals surface area contributed by atoms with Crippen molar-refractivity contribution in [2.75, 3.05) is 31.5 Å². The Morgan fingerprint density at radius 2 is 2.12 bits per heavy atom. The highest BCUT2D eigenvalue weighted by Gasteiger charge is 2.42. The fraction of sp³-hybridized carbons (Fsp3) is 0.476. The van der Waals surface area contributed by atoms with Crippen LogP contribution in [0.25, 0.3) is 0 Å². The highest BCUT2D eigenvalue weighted by molar-refractivity contribution is 7.09. The summed E-state index contributed by atoms with van der Waals surface area (Å²) in [5, 5.41) is 1.66. The number of amides is 1. The molecule has 0 unspecified atom stereocenters. The smallest absolute Gasteiger partial charge is 0.229 e. The Morgan fingerprint density at radius 3 is 2.77 bits per heavy atom. The quantitative estimate of drug-likeness (QED) is 0.674. The monoisotopic (exact) mass is 382 g/mol. The van der Waals surface area contributed by atoms with Gasteiger partial charge < -0.3 is 9.64 Å². The van der Waals surface area contributed by atoms with E-state index in [2.05, 4.69) is 0 Å². The number of hydrogen-bond donors (Lipinski definition) is 0. The summed E-state index contributed by atoms with van der Waals surface area (Å²) >= 11 is 1.09. The van der Waals surface area contributed by atoms with Gasteiger partial charge >= 0.3 is 0 Å². The van der Waals surface area contributed by atoms with Gasteiger partial charge in [-0.25, -0.2) is 0 Å². The zero-order chi connectivity index (χ0) is 27.0. The summed E-state index contributed by atoms with van der Waals surface area (Å²) in [6.45, 7) is -5.35. The van der Waals surface area contributed by atoms with E-state index in [1.54, 1.807) is 41.8 Å². The van der Waals surface area contributed by atoms with Crippen LogP contribution in [0, 0.1) is 0 Å². The Morgan fingerprint density at radius 1 is 1.31 bits per heavy atom. The van der Waals surface area contributed by atoms with Crippen LogP contribution in [0.5, 0.6) is 0 Å². The number of ether oxygens (including phenoxy) is 1. The first-order chi connectivity index (χ1) is 16.5. The van der Waals surface area contributed by atoms with Gasteiger partial charge in [-0.3, -0.25) is 9.69 Å². The second-order valence-corrected chi connectivity index (χ2v) is 6.94. The third-order valence-corrected chi connectivity index (χ3v) is 5.20. The molecule has 2 aromatic rings. The normalized spacial score (nSPS) is 24.9. The Balaban J connectivity index is 1.99. The van der Waals surface area contributed by atoms with Gasteiger partial charge in [-0.2, -0.15) is 0 Å². The van der Waals surface area contributed by atoms with Crippen molar-refractivity contribution in [1.82, 2.24) is 4.90 Å². The number of aryl methyl sites for hydroxylation is 1. The topological polar surface area (TPSA) is 32.8 Å². The van der Waals surface area contributed by atoms with Crippen molar-refractivity contribution >= 4 is 22.9 Å². The summed E-state index contributed by atoms with van der Waals surface area (Å²) in [4.78, 5) is 15.8. The fourth-order valence-electron chi connectivity index (χ4n) is 3.09. The van der Waals surface area contributed by atoms with Crippen LogP contribution < -0.4 is 4.90 Å². The number of likely N-dealkylation sites (tertiary alicyclic amines) is 1. The second kappa shape index (κ2) is 8.80. The third-order valence-electron chi connectivity index (χ3n) is 4.42. The van der Waals surface area contributed by atoms with E-state index in [0.717, 1.165) is 16.2 Å². The van der Waals surface area contributed by atoms with Crippen molar-refractivity contribution in [1.29, 1.82) is 0 Å². The molecule has 4 nitrogen and oxygen atoms in total. The molecule has 140 valence electrons. The second-order valence-electron chi connectivity index (χ2n) is 5.99. The van der Waals surface area contributed by atoms with E-state index in [-0.39, 0.29) is 36.5 Å². The number of benzene rings is 1. The van der Waals surface area contributed by atoms with E-state index in [1.165, 1.54) is 11.0 Å². The molecule has 1 fully saturated rings. The first kappa shape index (κ1) is 10.0. The molecule has 0 spiro atoms. The van der Waals surface area contributed by atoms with E-state index in [4.69, 9.17) is 18.4 Å². The number of anilines is 1. The number of piperidine rings is 1. The minimum absolute atomic E-state index is 0.141. The van der Waals surface area contributed by atoms with E-state index in [1.807, 2.05) is 0 Å². The van der Waals surface area contributed by atoms with Gasteiger partial charge in [0.15, 0.2) is 0 Å². The van der Waals surface area contributed by atoms with Gasteiger partial charge in [0, 0.05) is 66.0 Å². The third kappa shape index (κ3) is 4.17. The highest BCUT2D eigenvalue weighted by atomic mass is 32.1. The lowest BCUT2D eigenvalue weighted by Gasteiger charge is -2.47. The SMILES string of the molecule is [2H]C([2H])([2H])CC(=O)N(c1ccccc1)C1(OC([2H])([2H])[2H])CCN(C([2H])([2H])C([2H])([2H])c2cccs2)CC1. The van der Waals surface area contributed by atoms with Crippen LogP contribution in [-0.2, 0) is 15.9 Å². The van der Waals surface area contributed by atoms with Gasteiger partial charge in [-0.15, -0.1) is 11.3 Å². The van der Waals surface area contributed by atoms with E-state index < -0.39 is 44.8 Å². The molecule has 0 radical (unpaired) electrons. The molecule has 1 aromatic heterocycles. The van der Waals surface area contributed by atoms with Crippen molar-refractivity contribution < 1.29 is 23.2 Å². The molecule has 5 heteroatoms. The standard InChI is InChI=1S/C21H28N2O2S/c1-3-20(24)23(18-8-5-4-6-9-18)21(25-2)12-15-22(16-13-21)14-11-19-10-7-17-26-19/h4-10,17H,3,11-16H2,1-2H3/i1D3,2D3,11D2,14D2. The van der Waals surface area contributed by atoms with Gasteiger partial charge in [-0.05, 0) is 30.0 Å². The van der Waals surface area contributed by atoms with Crippen molar-refractivity contribution in [3.8, 4) is 0 Å². The number of methoxy groups -OCH3 is 1. The largest absolute Gasteiger partial charge is 0.358 e. The molecule has 2 heterocycles.